The lowest BCUT2D eigenvalue weighted by molar-refractivity contribution is 0.409. The van der Waals surface area contributed by atoms with Crippen molar-refractivity contribution >= 4 is 41.3 Å². The molecule has 0 aliphatic heterocycles. The Labute approximate surface area is 188 Å². The summed E-state index contributed by atoms with van der Waals surface area (Å²) >= 11 is 1.78. The average Bonchev–Trinajstić information content (AvgIpc) is 3.15. The molecule has 2 heterocycles. The number of hydrogen-bond donors (Lipinski definition) is 2. The Morgan fingerprint density at radius 1 is 1.18 bits per heavy atom. The highest BCUT2D eigenvalue weighted by molar-refractivity contribution is 14.0. The maximum atomic E-state index is 4.77. The molecule has 0 spiro atoms. The second kappa shape index (κ2) is 11.1. The number of aromatic nitrogens is 4. The Morgan fingerprint density at radius 3 is 2.54 bits per heavy atom. The van der Waals surface area contributed by atoms with E-state index in [0.717, 1.165) is 36.3 Å². The second-order valence-corrected chi connectivity index (χ2v) is 8.58. The van der Waals surface area contributed by atoms with E-state index in [1.54, 1.807) is 11.3 Å². The molecule has 0 saturated heterocycles. The van der Waals surface area contributed by atoms with Crippen molar-refractivity contribution in [2.45, 2.75) is 71.9 Å². The zero-order valence-electron chi connectivity index (χ0n) is 17.3. The third-order valence-electron chi connectivity index (χ3n) is 5.21. The molecule has 2 N–H and O–H groups in total. The van der Waals surface area contributed by atoms with Crippen LogP contribution in [0, 0.1) is 20.8 Å². The molecule has 3 rings (SSSR count). The second-order valence-electron chi connectivity index (χ2n) is 7.29. The van der Waals surface area contributed by atoms with Gasteiger partial charge in [0.2, 0.25) is 0 Å². The Morgan fingerprint density at radius 2 is 1.93 bits per heavy atom. The lowest BCUT2D eigenvalue weighted by Gasteiger charge is -2.25. The fourth-order valence-electron chi connectivity index (χ4n) is 3.27. The molecule has 0 atom stereocenters. The molecule has 0 radical (unpaired) electrons. The summed E-state index contributed by atoms with van der Waals surface area (Å²) in [6, 6.07) is 0.510. The largest absolute Gasteiger partial charge is 0.356 e. The predicted molar refractivity (Wildman–Crippen MR) is 126 cm³/mol. The molecule has 156 valence electrons. The topological polar surface area (TPSA) is 80.0 Å². The van der Waals surface area contributed by atoms with Crippen LogP contribution in [-0.4, -0.2) is 38.3 Å². The van der Waals surface area contributed by atoms with Gasteiger partial charge in [-0.05, 0) is 33.6 Å². The van der Waals surface area contributed by atoms with Gasteiger partial charge in [0.15, 0.2) is 11.8 Å². The fourth-order valence-corrected chi connectivity index (χ4v) is 4.20. The zero-order valence-corrected chi connectivity index (χ0v) is 20.4. The third-order valence-corrected chi connectivity index (χ3v) is 6.34. The van der Waals surface area contributed by atoms with Crippen molar-refractivity contribution in [2.24, 2.45) is 12.0 Å². The van der Waals surface area contributed by atoms with Crippen LogP contribution < -0.4 is 10.6 Å². The summed E-state index contributed by atoms with van der Waals surface area (Å²) in [7, 11) is 1.98. The predicted octanol–water partition coefficient (Wildman–Crippen LogP) is 3.43. The number of nitrogens with one attached hydrogen (secondary N) is 2. The maximum Gasteiger partial charge on any atom is 0.191 e. The third kappa shape index (κ3) is 6.40. The van der Waals surface area contributed by atoms with Gasteiger partial charge in [-0.1, -0.05) is 19.3 Å². The van der Waals surface area contributed by atoms with Crippen molar-refractivity contribution in [3.8, 4) is 0 Å². The first-order chi connectivity index (χ1) is 13.0. The van der Waals surface area contributed by atoms with Crippen LogP contribution in [0.3, 0.4) is 0 Å². The molecular formula is C19H32IN7S. The molecule has 1 aliphatic carbocycles. The monoisotopic (exact) mass is 517 g/mol. The highest BCUT2D eigenvalue weighted by Gasteiger charge is 2.15. The van der Waals surface area contributed by atoms with E-state index in [0.29, 0.717) is 12.6 Å². The average molecular weight is 517 g/mol. The van der Waals surface area contributed by atoms with Gasteiger partial charge >= 0.3 is 0 Å². The number of guanidine groups is 1. The number of aryl methyl sites for hydroxylation is 3. The van der Waals surface area contributed by atoms with Crippen LogP contribution in [0.15, 0.2) is 4.99 Å². The normalized spacial score (nSPS) is 15.4. The smallest absolute Gasteiger partial charge is 0.191 e. The molecule has 2 aromatic rings. The standard InChI is InChI=1S/C19H31N7S.HI/c1-13-14(2)27-18(22-13)10-11-20-19(23-16-8-6-5-7-9-16)21-12-17-25-24-15(3)26(17)4;/h16H,5-12H2,1-4H3,(H2,20,21,23);1H. The van der Waals surface area contributed by atoms with Gasteiger partial charge in [0.05, 0.1) is 10.7 Å². The summed E-state index contributed by atoms with van der Waals surface area (Å²) in [5.41, 5.74) is 1.14. The molecule has 0 unspecified atom stereocenters. The fraction of sp³-hybridized carbons (Fsp3) is 0.684. The van der Waals surface area contributed by atoms with E-state index in [-0.39, 0.29) is 24.0 Å². The summed E-state index contributed by atoms with van der Waals surface area (Å²) in [5.74, 6) is 2.65. The van der Waals surface area contributed by atoms with Gasteiger partial charge in [-0.25, -0.2) is 9.98 Å². The number of nitrogens with zero attached hydrogens (tertiary/aromatic N) is 5. The van der Waals surface area contributed by atoms with Gasteiger partial charge in [0.1, 0.15) is 12.4 Å². The maximum absolute atomic E-state index is 4.77. The van der Waals surface area contributed by atoms with Gasteiger partial charge < -0.3 is 15.2 Å². The lowest BCUT2D eigenvalue weighted by atomic mass is 9.96. The Kier molecular flexibility index (Phi) is 9.13. The van der Waals surface area contributed by atoms with E-state index < -0.39 is 0 Å². The minimum Gasteiger partial charge on any atom is -0.356 e. The van der Waals surface area contributed by atoms with Crippen molar-refractivity contribution in [1.82, 2.24) is 30.4 Å². The van der Waals surface area contributed by atoms with Crippen LogP contribution in [-0.2, 0) is 20.0 Å². The molecule has 28 heavy (non-hydrogen) atoms. The van der Waals surface area contributed by atoms with E-state index >= 15 is 0 Å². The minimum atomic E-state index is 0. The first-order valence-corrected chi connectivity index (χ1v) is 10.7. The van der Waals surface area contributed by atoms with Crippen LogP contribution >= 0.6 is 35.3 Å². The van der Waals surface area contributed by atoms with E-state index in [4.69, 9.17) is 4.99 Å². The van der Waals surface area contributed by atoms with Gasteiger partial charge in [0.25, 0.3) is 0 Å². The number of thiazole rings is 1. The van der Waals surface area contributed by atoms with Crippen LogP contribution in [0.1, 0.15) is 59.3 Å². The molecule has 0 aromatic carbocycles. The summed E-state index contributed by atoms with van der Waals surface area (Å²) < 4.78 is 1.99. The minimum absolute atomic E-state index is 0. The van der Waals surface area contributed by atoms with Gasteiger partial charge in [-0.3, -0.25) is 0 Å². The van der Waals surface area contributed by atoms with Crippen LogP contribution in [0.5, 0.6) is 0 Å². The van der Waals surface area contributed by atoms with Crippen LogP contribution in [0.25, 0.3) is 0 Å². The Bertz CT molecular complexity index is 758. The quantitative estimate of drug-likeness (QED) is 0.349. The zero-order chi connectivity index (χ0) is 19.2. The molecule has 7 nitrogen and oxygen atoms in total. The molecule has 2 aromatic heterocycles. The molecule has 1 saturated carbocycles. The van der Waals surface area contributed by atoms with Gasteiger partial charge in [-0.2, -0.15) is 0 Å². The summed E-state index contributed by atoms with van der Waals surface area (Å²) in [6.45, 7) is 7.50. The molecule has 1 aliphatic rings. The number of hydrogen-bond acceptors (Lipinski definition) is 5. The van der Waals surface area contributed by atoms with Gasteiger partial charge in [-0.15, -0.1) is 45.5 Å². The SMILES string of the molecule is Cc1nc(CCNC(=NCc2nnc(C)n2C)NC2CCCCC2)sc1C.I. The van der Waals surface area contributed by atoms with Crippen molar-refractivity contribution in [3.63, 3.8) is 0 Å². The molecule has 0 bridgehead atoms. The Balaban J connectivity index is 0.00000280. The molecule has 1 fully saturated rings. The highest BCUT2D eigenvalue weighted by atomic mass is 127. The van der Waals surface area contributed by atoms with Crippen molar-refractivity contribution in [2.75, 3.05) is 6.54 Å². The lowest BCUT2D eigenvalue weighted by Crippen LogP contribution is -2.44. The molecule has 0 amide bonds. The van der Waals surface area contributed by atoms with Gasteiger partial charge in [0, 0.05) is 30.9 Å². The first-order valence-electron chi connectivity index (χ1n) is 9.85. The Hall–Kier alpha value is -1.23. The first kappa shape index (κ1) is 23.1. The summed E-state index contributed by atoms with van der Waals surface area (Å²) in [5, 5.41) is 16.6. The van der Waals surface area contributed by atoms with Crippen LogP contribution in [0.4, 0.5) is 0 Å². The van der Waals surface area contributed by atoms with Crippen LogP contribution in [0.2, 0.25) is 0 Å². The summed E-state index contributed by atoms with van der Waals surface area (Å²) in [4.78, 5) is 10.7. The van der Waals surface area contributed by atoms with E-state index in [2.05, 4.69) is 39.7 Å². The highest BCUT2D eigenvalue weighted by Crippen LogP contribution is 2.18. The van der Waals surface area contributed by atoms with Crippen molar-refractivity contribution in [3.05, 3.63) is 27.2 Å². The van der Waals surface area contributed by atoms with Crippen molar-refractivity contribution < 1.29 is 0 Å². The van der Waals surface area contributed by atoms with E-state index in [9.17, 15) is 0 Å². The van der Waals surface area contributed by atoms with E-state index in [1.807, 2.05) is 18.5 Å². The molecular weight excluding hydrogens is 485 g/mol. The summed E-state index contributed by atoms with van der Waals surface area (Å²) in [6.07, 6.45) is 7.28. The molecule has 9 heteroatoms. The van der Waals surface area contributed by atoms with E-state index in [1.165, 1.54) is 42.0 Å². The number of halogens is 1. The number of aliphatic imine (C=N–C) groups is 1. The van der Waals surface area contributed by atoms with Crippen molar-refractivity contribution in [1.29, 1.82) is 0 Å². The number of rotatable bonds is 6.